The van der Waals surface area contributed by atoms with Gasteiger partial charge in [-0.1, -0.05) is 45.4 Å². The molecule has 0 spiro atoms. The fraction of sp³-hybridized carbons (Fsp3) is 1.00. The van der Waals surface area contributed by atoms with Gasteiger partial charge in [0, 0.05) is 5.25 Å². The van der Waals surface area contributed by atoms with Crippen LogP contribution in [-0.4, -0.2) is 16.8 Å². The molecule has 0 bridgehead atoms. The smallest absolute Gasteiger partial charge is 0.00498 e. The van der Waals surface area contributed by atoms with Crippen LogP contribution >= 0.6 is 24.4 Å². The van der Waals surface area contributed by atoms with Gasteiger partial charge in [0.15, 0.2) is 0 Å². The number of hydrogen-bond acceptors (Lipinski definition) is 2. The summed E-state index contributed by atoms with van der Waals surface area (Å²) in [7, 11) is 0. The van der Waals surface area contributed by atoms with E-state index in [0.717, 1.165) is 16.9 Å². The van der Waals surface area contributed by atoms with E-state index in [4.69, 9.17) is 12.6 Å². The molecule has 0 aliphatic heterocycles. The average Bonchev–Trinajstić information content (AvgIpc) is 2.63. The fourth-order valence-electron chi connectivity index (χ4n) is 3.65. The summed E-state index contributed by atoms with van der Waals surface area (Å²) in [5.74, 6) is 3.47. The van der Waals surface area contributed by atoms with Crippen molar-refractivity contribution >= 4 is 24.4 Å². The lowest BCUT2D eigenvalue weighted by Gasteiger charge is -2.34. The van der Waals surface area contributed by atoms with Crippen molar-refractivity contribution in [2.75, 3.05) is 11.5 Å². The summed E-state index contributed by atoms with van der Waals surface area (Å²) < 4.78 is 0. The van der Waals surface area contributed by atoms with Gasteiger partial charge in [0.05, 0.1) is 0 Å². The third kappa shape index (κ3) is 4.37. The van der Waals surface area contributed by atoms with Gasteiger partial charge >= 0.3 is 0 Å². The third-order valence-corrected chi connectivity index (χ3v) is 7.36. The van der Waals surface area contributed by atoms with Crippen LogP contribution in [0.15, 0.2) is 0 Å². The van der Waals surface area contributed by atoms with Crippen molar-refractivity contribution in [3.05, 3.63) is 0 Å². The van der Waals surface area contributed by atoms with Crippen molar-refractivity contribution in [1.82, 2.24) is 0 Å². The van der Waals surface area contributed by atoms with E-state index < -0.39 is 0 Å². The molecule has 0 aromatic rings. The average molecular weight is 287 g/mol. The van der Waals surface area contributed by atoms with E-state index in [9.17, 15) is 0 Å². The Morgan fingerprint density at radius 1 is 1.06 bits per heavy atom. The Kier molecular flexibility index (Phi) is 6.27. The van der Waals surface area contributed by atoms with E-state index in [1.165, 1.54) is 70.0 Å². The SMILES string of the molecule is CC1CCCC(SCC2(CS)CCCCCC2)C1. The van der Waals surface area contributed by atoms with Crippen molar-refractivity contribution in [3.63, 3.8) is 0 Å². The zero-order valence-corrected chi connectivity index (χ0v) is 13.7. The monoisotopic (exact) mass is 286 g/mol. The highest BCUT2D eigenvalue weighted by Gasteiger charge is 2.31. The molecule has 2 saturated carbocycles. The van der Waals surface area contributed by atoms with Crippen LogP contribution in [0.3, 0.4) is 0 Å². The van der Waals surface area contributed by atoms with Gasteiger partial charge in [-0.15, -0.1) is 0 Å². The van der Waals surface area contributed by atoms with Crippen molar-refractivity contribution in [1.29, 1.82) is 0 Å². The Morgan fingerprint density at radius 2 is 1.78 bits per heavy atom. The molecule has 0 saturated heterocycles. The summed E-state index contributed by atoms with van der Waals surface area (Å²) in [5, 5.41) is 0.953. The summed E-state index contributed by atoms with van der Waals surface area (Å²) in [6, 6.07) is 0. The first-order chi connectivity index (χ1) is 8.74. The minimum Gasteiger partial charge on any atom is -0.179 e. The van der Waals surface area contributed by atoms with Crippen LogP contribution in [0.5, 0.6) is 0 Å². The maximum absolute atomic E-state index is 4.70. The van der Waals surface area contributed by atoms with Crippen LogP contribution in [0.25, 0.3) is 0 Å². The Labute approximate surface area is 123 Å². The Bertz CT molecular complexity index is 231. The summed E-state index contributed by atoms with van der Waals surface area (Å²) in [5.41, 5.74) is 0.574. The number of thioether (sulfide) groups is 1. The second-order valence-corrected chi connectivity index (χ2v) is 8.38. The van der Waals surface area contributed by atoms with Gasteiger partial charge in [-0.05, 0) is 48.5 Å². The van der Waals surface area contributed by atoms with E-state index in [2.05, 4.69) is 18.7 Å². The topological polar surface area (TPSA) is 0 Å². The highest BCUT2D eigenvalue weighted by molar-refractivity contribution is 7.99. The van der Waals surface area contributed by atoms with Gasteiger partial charge in [0.2, 0.25) is 0 Å². The summed E-state index contributed by atoms with van der Waals surface area (Å²) in [6.07, 6.45) is 14.6. The molecule has 2 heteroatoms. The molecule has 0 N–H and O–H groups in total. The van der Waals surface area contributed by atoms with Crippen molar-refractivity contribution in [3.8, 4) is 0 Å². The molecule has 0 radical (unpaired) electrons. The normalized spacial score (nSPS) is 33.0. The molecule has 2 fully saturated rings. The third-order valence-electron chi connectivity index (χ3n) is 5.01. The first-order valence-electron chi connectivity index (χ1n) is 7.97. The van der Waals surface area contributed by atoms with Crippen molar-refractivity contribution in [2.45, 2.75) is 76.4 Å². The largest absolute Gasteiger partial charge is 0.179 e. The zero-order chi connectivity index (χ0) is 12.8. The van der Waals surface area contributed by atoms with Gasteiger partial charge in [-0.2, -0.15) is 24.4 Å². The number of hydrogen-bond donors (Lipinski definition) is 1. The molecule has 0 heterocycles. The van der Waals surface area contributed by atoms with Gasteiger partial charge in [0.25, 0.3) is 0 Å². The maximum atomic E-state index is 4.70. The molecule has 2 rings (SSSR count). The molecule has 0 amide bonds. The van der Waals surface area contributed by atoms with Gasteiger partial charge in [0.1, 0.15) is 0 Å². The molecule has 18 heavy (non-hydrogen) atoms. The van der Waals surface area contributed by atoms with E-state index >= 15 is 0 Å². The van der Waals surface area contributed by atoms with Crippen LogP contribution < -0.4 is 0 Å². The summed E-state index contributed by atoms with van der Waals surface area (Å²) in [4.78, 5) is 0. The summed E-state index contributed by atoms with van der Waals surface area (Å²) >= 11 is 6.99. The highest BCUT2D eigenvalue weighted by atomic mass is 32.2. The van der Waals surface area contributed by atoms with Crippen LogP contribution in [0.2, 0.25) is 0 Å². The molecule has 2 unspecified atom stereocenters. The molecule has 106 valence electrons. The standard InChI is InChI=1S/C16H30S2/c1-14-7-6-8-15(11-14)18-13-16(12-17)9-4-2-3-5-10-16/h14-15,17H,2-13H2,1H3. The van der Waals surface area contributed by atoms with E-state index in [1.54, 1.807) is 0 Å². The fourth-order valence-corrected chi connectivity index (χ4v) is 6.01. The molecule has 2 aliphatic rings. The number of thiol groups is 1. The van der Waals surface area contributed by atoms with E-state index in [-0.39, 0.29) is 0 Å². The van der Waals surface area contributed by atoms with Crippen LogP contribution in [0.4, 0.5) is 0 Å². The molecular weight excluding hydrogens is 256 g/mol. The molecular formula is C16H30S2. The van der Waals surface area contributed by atoms with Gasteiger partial charge in [-0.3, -0.25) is 0 Å². The second-order valence-electron chi connectivity index (χ2n) is 6.78. The first kappa shape index (κ1) is 15.1. The molecule has 0 aromatic heterocycles. The lowest BCUT2D eigenvalue weighted by atomic mass is 9.84. The predicted octanol–water partition coefficient (Wildman–Crippen LogP) is 5.57. The molecule has 0 aromatic carbocycles. The quantitative estimate of drug-likeness (QED) is 0.521. The van der Waals surface area contributed by atoms with Gasteiger partial charge < -0.3 is 0 Å². The lowest BCUT2D eigenvalue weighted by molar-refractivity contribution is 0.330. The van der Waals surface area contributed by atoms with Crippen molar-refractivity contribution < 1.29 is 0 Å². The van der Waals surface area contributed by atoms with Crippen LogP contribution in [0, 0.1) is 11.3 Å². The Balaban J connectivity index is 1.81. The number of rotatable bonds is 4. The molecule has 0 nitrogen and oxygen atoms in total. The molecule has 2 aliphatic carbocycles. The van der Waals surface area contributed by atoms with E-state index in [1.807, 2.05) is 0 Å². The highest BCUT2D eigenvalue weighted by Crippen LogP contribution is 2.42. The zero-order valence-electron chi connectivity index (χ0n) is 12.0. The maximum Gasteiger partial charge on any atom is 0.00498 e. The van der Waals surface area contributed by atoms with Gasteiger partial charge in [-0.25, -0.2) is 0 Å². The minimum atomic E-state index is 0.574. The first-order valence-corrected chi connectivity index (χ1v) is 9.65. The Morgan fingerprint density at radius 3 is 2.39 bits per heavy atom. The molecule has 2 atom stereocenters. The van der Waals surface area contributed by atoms with E-state index in [0.29, 0.717) is 5.41 Å². The minimum absolute atomic E-state index is 0.574. The van der Waals surface area contributed by atoms with Crippen LogP contribution in [0.1, 0.15) is 71.1 Å². The Hall–Kier alpha value is 0.700. The second kappa shape index (κ2) is 7.47. The van der Waals surface area contributed by atoms with Crippen LogP contribution in [-0.2, 0) is 0 Å². The van der Waals surface area contributed by atoms with Crippen molar-refractivity contribution in [2.24, 2.45) is 11.3 Å². The predicted molar refractivity (Wildman–Crippen MR) is 87.9 cm³/mol. The lowest BCUT2D eigenvalue weighted by Crippen LogP contribution is -2.27. The summed E-state index contributed by atoms with van der Waals surface area (Å²) in [6.45, 7) is 2.44.